The second kappa shape index (κ2) is 12.5. The molecule has 0 aliphatic rings. The molecule has 0 amide bonds. The third kappa shape index (κ3) is 12.3. The summed E-state index contributed by atoms with van der Waals surface area (Å²) in [6.45, 7) is 9.91. The van der Waals surface area contributed by atoms with Gasteiger partial charge in [0, 0.05) is 6.42 Å². The maximum absolute atomic E-state index is 12.5. The van der Waals surface area contributed by atoms with Gasteiger partial charge >= 0.3 is 5.97 Å². The number of rotatable bonds is 13. The van der Waals surface area contributed by atoms with Crippen LogP contribution in [0.25, 0.3) is 0 Å². The monoisotopic (exact) mass is 326 g/mol. The molecule has 23 heavy (non-hydrogen) atoms. The van der Waals surface area contributed by atoms with Gasteiger partial charge in [-0.05, 0) is 33.6 Å². The van der Waals surface area contributed by atoms with Crippen molar-refractivity contribution in [2.45, 2.75) is 111 Å². The van der Waals surface area contributed by atoms with E-state index in [1.54, 1.807) is 0 Å². The lowest BCUT2D eigenvalue weighted by molar-refractivity contribution is -0.162. The fraction of sp³-hybridized carbons (Fsp3) is 0.900. The average molecular weight is 327 g/mol. The quantitative estimate of drug-likeness (QED) is 0.242. The van der Waals surface area contributed by atoms with Crippen LogP contribution in [0.15, 0.2) is 0 Å². The summed E-state index contributed by atoms with van der Waals surface area (Å²) in [6.07, 6.45) is 11.1. The third-order valence-electron chi connectivity index (χ3n) is 3.95. The number of ether oxygens (including phenoxy) is 1. The molecular formula is C20H38O3. The number of hydrogen-bond donors (Lipinski definition) is 0. The van der Waals surface area contributed by atoms with E-state index >= 15 is 0 Å². The van der Waals surface area contributed by atoms with Crippen molar-refractivity contribution >= 4 is 11.8 Å². The van der Waals surface area contributed by atoms with Gasteiger partial charge in [-0.2, -0.15) is 0 Å². The summed E-state index contributed by atoms with van der Waals surface area (Å²) in [5.74, 6) is -0.808. The van der Waals surface area contributed by atoms with Crippen LogP contribution in [0.2, 0.25) is 0 Å². The summed E-state index contributed by atoms with van der Waals surface area (Å²) in [6, 6.07) is 0. The van der Waals surface area contributed by atoms with Crippen LogP contribution in [0.4, 0.5) is 0 Å². The summed E-state index contributed by atoms with van der Waals surface area (Å²) in [5, 5.41) is 0. The molecule has 0 saturated carbocycles. The standard InChI is InChI=1S/C20H38O3/c1-6-8-10-12-14-16-18(21)17(15-13-11-9-7-2)19(22)23-20(3,4)5/h17H,6-16H2,1-5H3. The van der Waals surface area contributed by atoms with Gasteiger partial charge in [0.15, 0.2) is 0 Å². The van der Waals surface area contributed by atoms with Crippen molar-refractivity contribution in [3.8, 4) is 0 Å². The van der Waals surface area contributed by atoms with Crippen molar-refractivity contribution in [1.29, 1.82) is 0 Å². The molecule has 0 aromatic carbocycles. The summed E-state index contributed by atoms with van der Waals surface area (Å²) in [5.41, 5.74) is -0.528. The van der Waals surface area contributed by atoms with Crippen molar-refractivity contribution in [3.05, 3.63) is 0 Å². The molecule has 0 aliphatic heterocycles. The van der Waals surface area contributed by atoms with E-state index in [4.69, 9.17) is 4.74 Å². The topological polar surface area (TPSA) is 43.4 Å². The number of ketones is 1. The van der Waals surface area contributed by atoms with Gasteiger partial charge in [0.25, 0.3) is 0 Å². The molecule has 0 bridgehead atoms. The van der Waals surface area contributed by atoms with Crippen LogP contribution in [0, 0.1) is 5.92 Å². The molecule has 0 saturated heterocycles. The Morgan fingerprint density at radius 1 is 0.826 bits per heavy atom. The highest BCUT2D eigenvalue weighted by Crippen LogP contribution is 2.20. The van der Waals surface area contributed by atoms with E-state index < -0.39 is 11.5 Å². The summed E-state index contributed by atoms with van der Waals surface area (Å²) in [4.78, 5) is 24.8. The van der Waals surface area contributed by atoms with Gasteiger partial charge < -0.3 is 4.74 Å². The highest BCUT2D eigenvalue weighted by Gasteiger charge is 2.30. The van der Waals surface area contributed by atoms with E-state index in [0.29, 0.717) is 12.8 Å². The zero-order valence-corrected chi connectivity index (χ0v) is 16.1. The van der Waals surface area contributed by atoms with Gasteiger partial charge in [0.2, 0.25) is 0 Å². The fourth-order valence-electron chi connectivity index (χ4n) is 2.64. The Labute approximate surface area is 143 Å². The smallest absolute Gasteiger partial charge is 0.316 e. The van der Waals surface area contributed by atoms with Crippen LogP contribution in [0.3, 0.4) is 0 Å². The molecule has 0 fully saturated rings. The van der Waals surface area contributed by atoms with Crippen LogP contribution < -0.4 is 0 Å². The van der Waals surface area contributed by atoms with Crippen LogP contribution >= 0.6 is 0 Å². The van der Waals surface area contributed by atoms with Crippen LogP contribution in [0.1, 0.15) is 105 Å². The molecule has 3 heteroatoms. The van der Waals surface area contributed by atoms with Gasteiger partial charge in [-0.15, -0.1) is 0 Å². The molecule has 0 N–H and O–H groups in total. The van der Waals surface area contributed by atoms with E-state index in [1.165, 1.54) is 19.3 Å². The Balaban J connectivity index is 4.44. The maximum Gasteiger partial charge on any atom is 0.316 e. The SMILES string of the molecule is CCCCCCCC(=O)C(CCCCCC)C(=O)OC(C)(C)C. The van der Waals surface area contributed by atoms with Crippen molar-refractivity contribution in [1.82, 2.24) is 0 Å². The second-order valence-electron chi connectivity index (χ2n) is 7.57. The lowest BCUT2D eigenvalue weighted by Crippen LogP contribution is -2.32. The van der Waals surface area contributed by atoms with E-state index in [1.807, 2.05) is 20.8 Å². The predicted octanol–water partition coefficient (Wildman–Crippen LogP) is 5.84. The van der Waals surface area contributed by atoms with Gasteiger partial charge in [0.1, 0.15) is 17.3 Å². The number of carbonyl (C=O) groups is 2. The van der Waals surface area contributed by atoms with Gasteiger partial charge in [0.05, 0.1) is 0 Å². The lowest BCUT2D eigenvalue weighted by atomic mass is 9.93. The third-order valence-corrected chi connectivity index (χ3v) is 3.95. The first-order chi connectivity index (χ1) is 10.8. The zero-order valence-electron chi connectivity index (χ0n) is 16.1. The second-order valence-corrected chi connectivity index (χ2v) is 7.57. The first kappa shape index (κ1) is 22.1. The van der Waals surface area contributed by atoms with Crippen LogP contribution in [-0.4, -0.2) is 17.4 Å². The molecule has 0 rings (SSSR count). The molecule has 3 nitrogen and oxygen atoms in total. The Morgan fingerprint density at radius 2 is 1.35 bits per heavy atom. The number of carbonyl (C=O) groups excluding carboxylic acids is 2. The fourth-order valence-corrected chi connectivity index (χ4v) is 2.64. The van der Waals surface area contributed by atoms with E-state index in [9.17, 15) is 9.59 Å². The number of unbranched alkanes of at least 4 members (excludes halogenated alkanes) is 7. The van der Waals surface area contributed by atoms with Gasteiger partial charge in [-0.3, -0.25) is 9.59 Å². The maximum atomic E-state index is 12.5. The lowest BCUT2D eigenvalue weighted by Gasteiger charge is -2.23. The molecule has 0 aliphatic carbocycles. The number of Topliss-reactive ketones (excluding diaryl/α,β-unsaturated/α-hetero) is 1. The number of esters is 1. The molecule has 136 valence electrons. The molecule has 1 atom stereocenters. The van der Waals surface area contributed by atoms with Crippen molar-refractivity contribution < 1.29 is 14.3 Å². The minimum absolute atomic E-state index is 0.0762. The molecule has 0 aromatic heterocycles. The minimum atomic E-state index is -0.558. The summed E-state index contributed by atoms with van der Waals surface area (Å²) < 4.78 is 5.46. The Bertz CT molecular complexity index is 328. The molecule has 0 heterocycles. The normalized spacial score (nSPS) is 12.9. The molecule has 1 unspecified atom stereocenters. The Hall–Kier alpha value is -0.860. The summed E-state index contributed by atoms with van der Waals surface area (Å²) >= 11 is 0. The zero-order chi connectivity index (χ0) is 17.7. The first-order valence-corrected chi connectivity index (χ1v) is 9.57. The Morgan fingerprint density at radius 3 is 1.87 bits per heavy atom. The number of hydrogen-bond acceptors (Lipinski definition) is 3. The molecule has 0 spiro atoms. The molecular weight excluding hydrogens is 288 g/mol. The predicted molar refractivity (Wildman–Crippen MR) is 96.5 cm³/mol. The minimum Gasteiger partial charge on any atom is -0.459 e. The van der Waals surface area contributed by atoms with E-state index in [-0.39, 0.29) is 11.8 Å². The summed E-state index contributed by atoms with van der Waals surface area (Å²) in [7, 11) is 0. The molecule has 0 radical (unpaired) electrons. The van der Waals surface area contributed by atoms with E-state index in [2.05, 4.69) is 13.8 Å². The van der Waals surface area contributed by atoms with Crippen molar-refractivity contribution in [2.24, 2.45) is 5.92 Å². The van der Waals surface area contributed by atoms with Gasteiger partial charge in [-0.25, -0.2) is 0 Å². The highest BCUT2D eigenvalue weighted by molar-refractivity contribution is 5.99. The van der Waals surface area contributed by atoms with Gasteiger partial charge in [-0.1, -0.05) is 65.2 Å². The highest BCUT2D eigenvalue weighted by atomic mass is 16.6. The van der Waals surface area contributed by atoms with Crippen molar-refractivity contribution in [3.63, 3.8) is 0 Å². The largest absolute Gasteiger partial charge is 0.459 e. The molecule has 0 aromatic rings. The van der Waals surface area contributed by atoms with Crippen LogP contribution in [0.5, 0.6) is 0 Å². The Kier molecular flexibility index (Phi) is 12.1. The first-order valence-electron chi connectivity index (χ1n) is 9.57. The van der Waals surface area contributed by atoms with Crippen LogP contribution in [-0.2, 0) is 14.3 Å². The average Bonchev–Trinajstić information content (AvgIpc) is 2.45. The van der Waals surface area contributed by atoms with E-state index in [0.717, 1.165) is 38.5 Å². The van der Waals surface area contributed by atoms with Crippen molar-refractivity contribution in [2.75, 3.05) is 0 Å².